The van der Waals surface area contributed by atoms with Gasteiger partial charge in [-0.15, -0.1) is 12.3 Å². The Morgan fingerprint density at radius 2 is 1.40 bits per heavy atom. The molecule has 0 aromatic rings. The van der Waals surface area contributed by atoms with E-state index in [9.17, 15) is 4.79 Å². The lowest BCUT2D eigenvalue weighted by atomic mass is 10.1. The monoisotopic (exact) mass is 208 g/mol. The summed E-state index contributed by atoms with van der Waals surface area (Å²) in [4.78, 5) is 10.7. The van der Waals surface area contributed by atoms with Crippen LogP contribution >= 0.6 is 0 Å². The van der Waals surface area contributed by atoms with Crippen LogP contribution in [0.25, 0.3) is 0 Å². The minimum Gasteiger partial charge on any atom is -0.300 e. The first-order valence-corrected chi connectivity index (χ1v) is 6.20. The number of carbonyl (C=O) groups is 1. The molecule has 0 N–H and O–H groups in total. The summed E-state index contributed by atoms with van der Waals surface area (Å²) in [6, 6.07) is 0. The average Bonchev–Trinajstić information content (AvgIpc) is 2.20. The average molecular weight is 208 g/mol. The van der Waals surface area contributed by atoms with Gasteiger partial charge in [-0.3, -0.25) is 0 Å². The summed E-state index contributed by atoms with van der Waals surface area (Å²) in [5, 5.41) is 0. The SMILES string of the molecule is C#CCCCCCCCCCCC(C)=O. The van der Waals surface area contributed by atoms with Crippen molar-refractivity contribution in [3.63, 3.8) is 0 Å². The van der Waals surface area contributed by atoms with E-state index >= 15 is 0 Å². The predicted molar refractivity (Wildman–Crippen MR) is 65.7 cm³/mol. The number of ketones is 1. The van der Waals surface area contributed by atoms with Crippen molar-refractivity contribution < 1.29 is 4.79 Å². The minimum atomic E-state index is 0.323. The molecule has 0 rings (SSSR count). The van der Waals surface area contributed by atoms with E-state index in [1.54, 1.807) is 6.92 Å². The molecule has 0 atom stereocenters. The smallest absolute Gasteiger partial charge is 0.129 e. The van der Waals surface area contributed by atoms with Crippen LogP contribution in [0.2, 0.25) is 0 Å². The highest BCUT2D eigenvalue weighted by Gasteiger charge is 1.94. The molecule has 0 spiro atoms. The van der Waals surface area contributed by atoms with Gasteiger partial charge in [0.15, 0.2) is 0 Å². The van der Waals surface area contributed by atoms with Crippen LogP contribution in [0.5, 0.6) is 0 Å². The van der Waals surface area contributed by atoms with Crippen LogP contribution in [-0.4, -0.2) is 5.78 Å². The quantitative estimate of drug-likeness (QED) is 0.390. The summed E-state index contributed by atoms with van der Waals surface area (Å²) >= 11 is 0. The molecule has 0 unspecified atom stereocenters. The second-order valence-corrected chi connectivity index (χ2v) is 4.23. The van der Waals surface area contributed by atoms with E-state index in [0.29, 0.717) is 5.78 Å². The predicted octanol–water partition coefficient (Wildman–Crippen LogP) is 4.11. The van der Waals surface area contributed by atoms with Crippen LogP contribution < -0.4 is 0 Å². The van der Waals surface area contributed by atoms with Gasteiger partial charge in [0.25, 0.3) is 0 Å². The second kappa shape index (κ2) is 11.3. The van der Waals surface area contributed by atoms with Crippen LogP contribution in [0.4, 0.5) is 0 Å². The highest BCUT2D eigenvalue weighted by Crippen LogP contribution is 2.10. The fourth-order valence-electron chi connectivity index (χ4n) is 1.66. The van der Waals surface area contributed by atoms with Crippen molar-refractivity contribution >= 4 is 5.78 Å². The Kier molecular flexibility index (Phi) is 10.7. The molecule has 0 radical (unpaired) electrons. The molecule has 0 aromatic heterocycles. The fraction of sp³-hybridized carbons (Fsp3) is 0.786. The molecule has 0 aliphatic heterocycles. The van der Waals surface area contributed by atoms with Crippen molar-refractivity contribution in [2.24, 2.45) is 0 Å². The third-order valence-electron chi connectivity index (χ3n) is 2.60. The standard InChI is InChI=1S/C14H24O/c1-3-4-5-6-7-8-9-10-11-12-13-14(2)15/h1H,4-13H2,2H3. The van der Waals surface area contributed by atoms with Crippen molar-refractivity contribution in [3.05, 3.63) is 0 Å². The highest BCUT2D eigenvalue weighted by atomic mass is 16.1. The van der Waals surface area contributed by atoms with E-state index in [1.807, 2.05) is 0 Å². The van der Waals surface area contributed by atoms with Crippen LogP contribution in [-0.2, 0) is 4.79 Å². The van der Waals surface area contributed by atoms with Gasteiger partial charge in [-0.25, -0.2) is 0 Å². The summed E-state index contributed by atoms with van der Waals surface area (Å²) < 4.78 is 0. The number of unbranched alkanes of at least 4 members (excludes halogenated alkanes) is 8. The zero-order valence-corrected chi connectivity index (χ0v) is 10.1. The molecular formula is C14H24O. The summed E-state index contributed by atoms with van der Waals surface area (Å²) in [7, 11) is 0. The van der Waals surface area contributed by atoms with Gasteiger partial charge in [0.05, 0.1) is 0 Å². The third-order valence-corrected chi connectivity index (χ3v) is 2.60. The summed E-state index contributed by atoms with van der Waals surface area (Å²) in [5.41, 5.74) is 0. The Morgan fingerprint density at radius 1 is 0.933 bits per heavy atom. The van der Waals surface area contributed by atoms with Gasteiger partial charge >= 0.3 is 0 Å². The van der Waals surface area contributed by atoms with Gasteiger partial charge in [0.2, 0.25) is 0 Å². The highest BCUT2D eigenvalue weighted by molar-refractivity contribution is 5.75. The van der Waals surface area contributed by atoms with E-state index in [4.69, 9.17) is 6.42 Å². The van der Waals surface area contributed by atoms with Crippen LogP contribution in [0.3, 0.4) is 0 Å². The van der Waals surface area contributed by atoms with Gasteiger partial charge in [0.1, 0.15) is 5.78 Å². The lowest BCUT2D eigenvalue weighted by Crippen LogP contribution is -1.89. The Morgan fingerprint density at radius 3 is 1.87 bits per heavy atom. The Bertz CT molecular complexity index is 188. The molecular weight excluding hydrogens is 184 g/mol. The molecule has 0 bridgehead atoms. The van der Waals surface area contributed by atoms with Crippen molar-refractivity contribution in [3.8, 4) is 12.3 Å². The molecule has 0 fully saturated rings. The topological polar surface area (TPSA) is 17.1 Å². The Labute approximate surface area is 94.6 Å². The van der Waals surface area contributed by atoms with Crippen LogP contribution in [0.15, 0.2) is 0 Å². The second-order valence-electron chi connectivity index (χ2n) is 4.23. The lowest BCUT2D eigenvalue weighted by Gasteiger charge is -2.00. The normalized spacial score (nSPS) is 9.87. The Balaban J connectivity index is 2.93. The maximum Gasteiger partial charge on any atom is 0.129 e. The molecule has 86 valence electrons. The van der Waals surface area contributed by atoms with Gasteiger partial charge in [-0.1, -0.05) is 38.5 Å². The van der Waals surface area contributed by atoms with E-state index < -0.39 is 0 Å². The molecule has 0 aromatic carbocycles. The maximum atomic E-state index is 10.7. The first-order valence-electron chi connectivity index (χ1n) is 6.20. The summed E-state index contributed by atoms with van der Waals surface area (Å²) in [5.74, 6) is 2.99. The van der Waals surface area contributed by atoms with E-state index in [1.165, 1.54) is 44.9 Å². The van der Waals surface area contributed by atoms with Crippen molar-refractivity contribution in [1.82, 2.24) is 0 Å². The first-order chi connectivity index (χ1) is 7.27. The molecule has 1 heteroatoms. The van der Waals surface area contributed by atoms with E-state index in [2.05, 4.69) is 5.92 Å². The molecule has 0 amide bonds. The zero-order chi connectivity index (χ0) is 11.4. The van der Waals surface area contributed by atoms with Gasteiger partial charge in [0, 0.05) is 12.8 Å². The van der Waals surface area contributed by atoms with Crippen molar-refractivity contribution in [1.29, 1.82) is 0 Å². The largest absolute Gasteiger partial charge is 0.300 e. The van der Waals surface area contributed by atoms with Crippen molar-refractivity contribution in [2.45, 2.75) is 71.1 Å². The van der Waals surface area contributed by atoms with E-state index in [-0.39, 0.29) is 0 Å². The first kappa shape index (κ1) is 14.2. The molecule has 0 heterocycles. The van der Waals surface area contributed by atoms with Gasteiger partial charge in [-0.2, -0.15) is 0 Å². The number of rotatable bonds is 10. The molecule has 0 saturated heterocycles. The molecule has 1 nitrogen and oxygen atoms in total. The fourth-order valence-corrected chi connectivity index (χ4v) is 1.66. The molecule has 0 aliphatic rings. The summed E-state index contributed by atoms with van der Waals surface area (Å²) in [6.07, 6.45) is 16.8. The van der Waals surface area contributed by atoms with Crippen LogP contribution in [0.1, 0.15) is 71.1 Å². The number of carbonyl (C=O) groups excluding carboxylic acids is 1. The van der Waals surface area contributed by atoms with Crippen LogP contribution in [0, 0.1) is 12.3 Å². The number of terminal acetylenes is 1. The Hall–Kier alpha value is -0.770. The number of Topliss-reactive ketones (excluding diaryl/α,β-unsaturated/α-hetero) is 1. The number of hydrogen-bond acceptors (Lipinski definition) is 1. The molecule has 0 aliphatic carbocycles. The van der Waals surface area contributed by atoms with Gasteiger partial charge < -0.3 is 4.79 Å². The zero-order valence-electron chi connectivity index (χ0n) is 10.1. The number of hydrogen-bond donors (Lipinski definition) is 0. The summed E-state index contributed by atoms with van der Waals surface area (Å²) in [6.45, 7) is 1.67. The van der Waals surface area contributed by atoms with E-state index in [0.717, 1.165) is 19.3 Å². The van der Waals surface area contributed by atoms with Gasteiger partial charge in [-0.05, 0) is 19.8 Å². The lowest BCUT2D eigenvalue weighted by molar-refractivity contribution is -0.117. The van der Waals surface area contributed by atoms with Crippen molar-refractivity contribution in [2.75, 3.05) is 0 Å². The minimum absolute atomic E-state index is 0.323. The molecule has 15 heavy (non-hydrogen) atoms. The third kappa shape index (κ3) is 13.2. The maximum absolute atomic E-state index is 10.7. The molecule has 0 saturated carbocycles.